The van der Waals surface area contributed by atoms with Crippen molar-refractivity contribution in [3.8, 4) is 0 Å². The first kappa shape index (κ1) is 20.9. The van der Waals surface area contributed by atoms with E-state index in [-0.39, 0.29) is 28.9 Å². The molecule has 6 heteroatoms. The summed E-state index contributed by atoms with van der Waals surface area (Å²) in [5.41, 5.74) is -0.137. The van der Waals surface area contributed by atoms with E-state index >= 15 is 0 Å². The molecule has 0 aromatic carbocycles. The van der Waals surface area contributed by atoms with Gasteiger partial charge in [-0.25, -0.2) is 4.79 Å². The summed E-state index contributed by atoms with van der Waals surface area (Å²) in [6.45, 7) is 16.1. The van der Waals surface area contributed by atoms with Gasteiger partial charge in [-0.1, -0.05) is 0 Å². The minimum absolute atomic E-state index is 0.114. The number of fused-ring (bicyclic) bond motifs is 1. The highest BCUT2D eigenvalue weighted by Crippen LogP contribution is 2.43. The van der Waals surface area contributed by atoms with E-state index in [0.717, 1.165) is 26.0 Å². The number of hydrogen-bond donors (Lipinski definition) is 0. The van der Waals surface area contributed by atoms with Crippen LogP contribution in [0.15, 0.2) is 0 Å². The molecule has 0 aromatic rings. The number of rotatable bonds is 5. The van der Waals surface area contributed by atoms with E-state index in [9.17, 15) is 4.79 Å². The standard InChI is InChI=1S/C21H38N2O4/c1-19(2,3)26-15-21-9-7-11-23(21)16(8-10-21)14-25-18(24)22-12-17(13-22)27-20(4,5)6/h16-17H,7-15H2,1-6H3. The van der Waals surface area contributed by atoms with Crippen molar-refractivity contribution in [2.45, 2.75) is 96.1 Å². The van der Waals surface area contributed by atoms with Crippen LogP contribution < -0.4 is 0 Å². The number of likely N-dealkylation sites (tertiary alicyclic amines) is 1. The summed E-state index contributed by atoms with van der Waals surface area (Å²) in [5, 5.41) is 0. The molecule has 1 amide bonds. The zero-order chi connectivity index (χ0) is 19.9. The average Bonchev–Trinajstić information content (AvgIpc) is 3.04. The Morgan fingerprint density at radius 1 is 1.07 bits per heavy atom. The Kier molecular flexibility index (Phi) is 5.82. The Bertz CT molecular complexity index is 533. The number of carbonyl (C=O) groups is 1. The molecule has 6 nitrogen and oxygen atoms in total. The molecular weight excluding hydrogens is 344 g/mol. The van der Waals surface area contributed by atoms with Crippen LogP contribution in [-0.2, 0) is 14.2 Å². The predicted molar refractivity (Wildman–Crippen MR) is 105 cm³/mol. The van der Waals surface area contributed by atoms with Crippen LogP contribution in [0.3, 0.4) is 0 Å². The molecule has 27 heavy (non-hydrogen) atoms. The molecule has 0 N–H and O–H groups in total. The molecule has 0 bridgehead atoms. The van der Waals surface area contributed by atoms with E-state index in [0.29, 0.717) is 25.7 Å². The number of hydrogen-bond acceptors (Lipinski definition) is 5. The van der Waals surface area contributed by atoms with Crippen LogP contribution in [0.5, 0.6) is 0 Å². The summed E-state index contributed by atoms with van der Waals surface area (Å²) in [4.78, 5) is 16.6. The average molecular weight is 383 g/mol. The van der Waals surface area contributed by atoms with Crippen LogP contribution >= 0.6 is 0 Å². The molecule has 3 heterocycles. The lowest BCUT2D eigenvalue weighted by atomic mass is 9.95. The van der Waals surface area contributed by atoms with Crippen LogP contribution in [0, 0.1) is 0 Å². The zero-order valence-corrected chi connectivity index (χ0v) is 18.0. The van der Waals surface area contributed by atoms with Gasteiger partial charge in [-0.15, -0.1) is 0 Å². The minimum atomic E-state index is -0.202. The van der Waals surface area contributed by atoms with Gasteiger partial charge in [-0.2, -0.15) is 0 Å². The van der Waals surface area contributed by atoms with Crippen molar-refractivity contribution in [1.82, 2.24) is 9.80 Å². The van der Waals surface area contributed by atoms with Crippen LogP contribution in [0.2, 0.25) is 0 Å². The fraction of sp³-hybridized carbons (Fsp3) is 0.952. The quantitative estimate of drug-likeness (QED) is 0.729. The van der Waals surface area contributed by atoms with E-state index in [1.54, 1.807) is 4.90 Å². The second kappa shape index (κ2) is 7.53. The van der Waals surface area contributed by atoms with Crippen molar-refractivity contribution >= 4 is 6.09 Å². The van der Waals surface area contributed by atoms with E-state index in [4.69, 9.17) is 14.2 Å². The Hall–Kier alpha value is -0.850. The van der Waals surface area contributed by atoms with Crippen molar-refractivity contribution in [3.05, 3.63) is 0 Å². The molecule has 3 aliphatic heterocycles. The summed E-state index contributed by atoms with van der Waals surface area (Å²) in [7, 11) is 0. The molecule has 2 atom stereocenters. The largest absolute Gasteiger partial charge is 0.448 e. The highest BCUT2D eigenvalue weighted by atomic mass is 16.6. The van der Waals surface area contributed by atoms with Gasteiger partial charge in [0.1, 0.15) is 6.61 Å². The molecule has 3 saturated heterocycles. The molecule has 0 aliphatic carbocycles. The highest BCUT2D eigenvalue weighted by Gasteiger charge is 2.50. The third-order valence-electron chi connectivity index (χ3n) is 5.83. The smallest absolute Gasteiger partial charge is 0.409 e. The maximum Gasteiger partial charge on any atom is 0.409 e. The third-order valence-corrected chi connectivity index (χ3v) is 5.83. The van der Waals surface area contributed by atoms with E-state index < -0.39 is 0 Å². The van der Waals surface area contributed by atoms with Gasteiger partial charge >= 0.3 is 6.09 Å². The summed E-state index contributed by atoms with van der Waals surface area (Å²) in [5.74, 6) is 0. The predicted octanol–water partition coefficient (Wildman–Crippen LogP) is 3.43. The maximum absolute atomic E-state index is 12.3. The Balaban J connectivity index is 1.44. The molecule has 156 valence electrons. The first-order chi connectivity index (χ1) is 12.5. The van der Waals surface area contributed by atoms with Crippen molar-refractivity contribution < 1.29 is 19.0 Å². The van der Waals surface area contributed by atoms with Crippen molar-refractivity contribution in [1.29, 1.82) is 0 Å². The minimum Gasteiger partial charge on any atom is -0.448 e. The molecule has 2 unspecified atom stereocenters. The topological polar surface area (TPSA) is 51.2 Å². The molecule has 0 radical (unpaired) electrons. The van der Waals surface area contributed by atoms with Crippen molar-refractivity contribution in [3.63, 3.8) is 0 Å². The molecule has 0 spiro atoms. The first-order valence-corrected chi connectivity index (χ1v) is 10.5. The maximum atomic E-state index is 12.3. The van der Waals surface area contributed by atoms with E-state index in [1.165, 1.54) is 12.8 Å². The van der Waals surface area contributed by atoms with Gasteiger partial charge in [0.25, 0.3) is 0 Å². The normalized spacial score (nSPS) is 29.7. The number of nitrogens with zero attached hydrogens (tertiary/aromatic N) is 2. The van der Waals surface area contributed by atoms with Crippen molar-refractivity contribution in [2.24, 2.45) is 0 Å². The molecule has 0 aromatic heterocycles. The highest BCUT2D eigenvalue weighted by molar-refractivity contribution is 5.68. The molecule has 3 aliphatic rings. The van der Waals surface area contributed by atoms with Gasteiger partial charge in [0.2, 0.25) is 0 Å². The van der Waals surface area contributed by atoms with Gasteiger partial charge in [0, 0.05) is 11.6 Å². The first-order valence-electron chi connectivity index (χ1n) is 10.5. The zero-order valence-electron chi connectivity index (χ0n) is 18.0. The Morgan fingerprint density at radius 3 is 2.41 bits per heavy atom. The van der Waals surface area contributed by atoms with Crippen LogP contribution in [0.25, 0.3) is 0 Å². The summed E-state index contributed by atoms with van der Waals surface area (Å²) in [6, 6.07) is 0.322. The van der Waals surface area contributed by atoms with E-state index in [1.807, 2.05) is 20.8 Å². The summed E-state index contributed by atoms with van der Waals surface area (Å²) >= 11 is 0. The van der Waals surface area contributed by atoms with Gasteiger partial charge < -0.3 is 19.1 Å². The molecular formula is C21H38N2O4. The lowest BCUT2D eigenvalue weighted by Gasteiger charge is -2.41. The second-order valence-electron chi connectivity index (χ2n) is 10.4. The van der Waals surface area contributed by atoms with Crippen molar-refractivity contribution in [2.75, 3.05) is 32.8 Å². The monoisotopic (exact) mass is 382 g/mol. The second-order valence-corrected chi connectivity index (χ2v) is 10.4. The molecule has 3 rings (SSSR count). The fourth-order valence-electron chi connectivity index (χ4n) is 4.56. The molecule has 3 fully saturated rings. The van der Waals surface area contributed by atoms with Gasteiger partial charge in [-0.05, 0) is 73.8 Å². The van der Waals surface area contributed by atoms with E-state index in [2.05, 4.69) is 25.7 Å². The van der Waals surface area contributed by atoms with Crippen LogP contribution in [0.4, 0.5) is 4.79 Å². The number of carbonyl (C=O) groups excluding carboxylic acids is 1. The third kappa shape index (κ3) is 5.15. The Labute approximate surface area is 164 Å². The van der Waals surface area contributed by atoms with Crippen LogP contribution in [-0.4, -0.2) is 77.6 Å². The van der Waals surface area contributed by atoms with Gasteiger partial charge in [0.15, 0.2) is 0 Å². The molecule has 0 saturated carbocycles. The Morgan fingerprint density at radius 2 is 1.78 bits per heavy atom. The summed E-state index contributed by atoms with van der Waals surface area (Å²) in [6.07, 6.45) is 4.53. The van der Waals surface area contributed by atoms with Gasteiger partial charge in [0.05, 0.1) is 37.0 Å². The SMILES string of the molecule is CC(C)(C)OCC12CCCN1C(COC(=O)N1CC(OC(C)(C)C)C1)CC2. The number of ether oxygens (including phenoxy) is 3. The number of amides is 1. The van der Waals surface area contributed by atoms with Crippen LogP contribution in [0.1, 0.15) is 67.2 Å². The summed E-state index contributed by atoms with van der Waals surface area (Å²) < 4.78 is 17.7. The lowest BCUT2D eigenvalue weighted by Crippen LogP contribution is -2.57. The lowest BCUT2D eigenvalue weighted by molar-refractivity contribution is -0.118. The van der Waals surface area contributed by atoms with Gasteiger partial charge in [-0.3, -0.25) is 4.90 Å². The fourth-order valence-corrected chi connectivity index (χ4v) is 4.56.